The van der Waals surface area contributed by atoms with E-state index in [0.29, 0.717) is 33.8 Å². The fraction of sp³-hybridized carbons (Fsp3) is 0.182. The third-order valence-electron chi connectivity index (χ3n) is 4.48. The topological polar surface area (TPSA) is 95.2 Å². The lowest BCUT2D eigenvalue weighted by atomic mass is 10.0. The van der Waals surface area contributed by atoms with Crippen LogP contribution in [-0.4, -0.2) is 32.2 Å². The van der Waals surface area contributed by atoms with Crippen molar-refractivity contribution in [3.05, 3.63) is 63.5 Å². The van der Waals surface area contributed by atoms with Gasteiger partial charge in [0.05, 0.1) is 26.9 Å². The van der Waals surface area contributed by atoms with Crippen molar-refractivity contribution in [2.24, 2.45) is 0 Å². The molecule has 0 aliphatic rings. The van der Waals surface area contributed by atoms with Crippen LogP contribution in [0.4, 0.5) is 0 Å². The fourth-order valence-corrected chi connectivity index (χ4v) is 3.06. The van der Waals surface area contributed by atoms with E-state index >= 15 is 0 Å². The molecule has 1 N–H and O–H groups in total. The zero-order valence-corrected chi connectivity index (χ0v) is 16.4. The molecule has 3 aromatic rings. The Hall–Kier alpha value is -3.74. The fourth-order valence-electron chi connectivity index (χ4n) is 3.06. The van der Waals surface area contributed by atoms with Crippen molar-refractivity contribution in [1.29, 1.82) is 0 Å². The van der Waals surface area contributed by atoms with Gasteiger partial charge in [0.2, 0.25) is 5.75 Å². The summed E-state index contributed by atoms with van der Waals surface area (Å²) in [6.07, 6.45) is 2.88. The molecule has 0 amide bonds. The van der Waals surface area contributed by atoms with Crippen LogP contribution >= 0.6 is 0 Å². The summed E-state index contributed by atoms with van der Waals surface area (Å²) in [5.41, 5.74) is 1.03. The molecule has 0 bridgehead atoms. The van der Waals surface area contributed by atoms with Crippen LogP contribution in [0.1, 0.15) is 21.5 Å². The zero-order chi connectivity index (χ0) is 21.1. The highest BCUT2D eigenvalue weighted by Crippen LogP contribution is 2.40. The lowest BCUT2D eigenvalue weighted by Crippen LogP contribution is -2.01. The number of phenolic OH excluding ortho intramolecular Hbond substituents is 1. The van der Waals surface area contributed by atoms with Crippen molar-refractivity contribution >= 4 is 22.8 Å². The maximum Gasteiger partial charge on any atom is 0.336 e. The van der Waals surface area contributed by atoms with Crippen molar-refractivity contribution < 1.29 is 28.5 Å². The van der Waals surface area contributed by atoms with Gasteiger partial charge in [0.15, 0.2) is 17.3 Å². The molecule has 0 saturated heterocycles. The largest absolute Gasteiger partial charge is 0.507 e. The molecule has 0 saturated carbocycles. The van der Waals surface area contributed by atoms with Gasteiger partial charge in [-0.25, -0.2) is 4.79 Å². The molecule has 0 spiro atoms. The van der Waals surface area contributed by atoms with Gasteiger partial charge >= 0.3 is 5.63 Å². The molecule has 2 aromatic carbocycles. The third-order valence-corrected chi connectivity index (χ3v) is 4.48. The molecule has 0 radical (unpaired) electrons. The Bertz CT molecular complexity index is 1170. The number of allylic oxidation sites excluding steroid dienone is 1. The number of methoxy groups -OCH3 is 3. The number of benzene rings is 2. The van der Waals surface area contributed by atoms with E-state index in [9.17, 15) is 14.7 Å². The van der Waals surface area contributed by atoms with Gasteiger partial charge in [-0.1, -0.05) is 0 Å². The van der Waals surface area contributed by atoms with E-state index in [2.05, 4.69) is 0 Å². The van der Waals surface area contributed by atoms with E-state index in [1.54, 1.807) is 25.1 Å². The Kier molecular flexibility index (Phi) is 5.59. The minimum Gasteiger partial charge on any atom is -0.507 e. The second kappa shape index (κ2) is 8.10. The van der Waals surface area contributed by atoms with Crippen LogP contribution in [0.3, 0.4) is 0 Å². The van der Waals surface area contributed by atoms with Gasteiger partial charge in [0.1, 0.15) is 11.3 Å². The Balaban J connectivity index is 2.02. The van der Waals surface area contributed by atoms with Crippen LogP contribution < -0.4 is 19.8 Å². The van der Waals surface area contributed by atoms with Crippen molar-refractivity contribution in [2.45, 2.75) is 6.92 Å². The van der Waals surface area contributed by atoms with Gasteiger partial charge in [0.25, 0.3) is 0 Å². The van der Waals surface area contributed by atoms with Crippen LogP contribution in [0.15, 0.2) is 45.6 Å². The third kappa shape index (κ3) is 3.80. The van der Waals surface area contributed by atoms with Crippen LogP contribution in [0.25, 0.3) is 17.0 Å². The normalized spacial score (nSPS) is 11.0. The van der Waals surface area contributed by atoms with Crippen LogP contribution in [-0.2, 0) is 0 Å². The summed E-state index contributed by atoms with van der Waals surface area (Å²) in [5.74, 6) is 0.615. The molecule has 1 aromatic heterocycles. The Morgan fingerprint density at radius 3 is 2.41 bits per heavy atom. The summed E-state index contributed by atoms with van der Waals surface area (Å²) in [6.45, 7) is 1.73. The van der Waals surface area contributed by atoms with Crippen molar-refractivity contribution in [2.75, 3.05) is 21.3 Å². The molecule has 0 aliphatic heterocycles. The zero-order valence-electron chi connectivity index (χ0n) is 16.4. The number of hydrogen-bond donors (Lipinski definition) is 1. The number of aromatic hydroxyl groups is 1. The van der Waals surface area contributed by atoms with Crippen LogP contribution in [0, 0.1) is 6.92 Å². The molecule has 1 heterocycles. The molecule has 0 fully saturated rings. The number of fused-ring (bicyclic) bond motifs is 1. The van der Waals surface area contributed by atoms with Gasteiger partial charge in [0, 0.05) is 23.1 Å². The maximum atomic E-state index is 12.7. The first-order chi connectivity index (χ1) is 13.9. The summed E-state index contributed by atoms with van der Waals surface area (Å²) in [6, 6.07) is 7.52. The van der Waals surface area contributed by atoms with Gasteiger partial charge < -0.3 is 23.7 Å². The van der Waals surface area contributed by atoms with Crippen molar-refractivity contribution in [3.8, 4) is 23.0 Å². The maximum absolute atomic E-state index is 12.7. The summed E-state index contributed by atoms with van der Waals surface area (Å²) in [4.78, 5) is 24.2. The quantitative estimate of drug-likeness (QED) is 0.385. The lowest BCUT2D eigenvalue weighted by Gasteiger charge is -2.14. The molecular weight excluding hydrogens is 376 g/mol. The summed E-state index contributed by atoms with van der Waals surface area (Å²) >= 11 is 0. The Morgan fingerprint density at radius 2 is 1.76 bits per heavy atom. The molecule has 3 rings (SSSR count). The standard InChI is InChI=1S/C22H20O7/c1-12-9-20(25)29-19-11-17(24)15(10-14(12)19)16(23)7-5-13-6-8-18(26-2)22(28-4)21(13)27-3/h5-11,24H,1-4H3/b7-5+. The Labute approximate surface area is 166 Å². The Morgan fingerprint density at radius 1 is 1.03 bits per heavy atom. The van der Waals surface area contributed by atoms with E-state index in [1.165, 1.54) is 45.6 Å². The van der Waals surface area contributed by atoms with E-state index < -0.39 is 11.4 Å². The number of ketones is 1. The molecule has 7 heteroatoms. The number of rotatable bonds is 6. The minimum atomic E-state index is -0.520. The second-order valence-electron chi connectivity index (χ2n) is 6.24. The highest BCUT2D eigenvalue weighted by atomic mass is 16.5. The number of carbonyl (C=O) groups excluding carboxylic acids is 1. The van der Waals surface area contributed by atoms with Crippen molar-refractivity contribution in [1.82, 2.24) is 0 Å². The van der Waals surface area contributed by atoms with E-state index in [0.717, 1.165) is 0 Å². The number of hydrogen-bond acceptors (Lipinski definition) is 7. The molecule has 0 aliphatic carbocycles. The van der Waals surface area contributed by atoms with E-state index in [1.807, 2.05) is 0 Å². The summed E-state index contributed by atoms with van der Waals surface area (Å²) in [7, 11) is 4.50. The highest BCUT2D eigenvalue weighted by Gasteiger charge is 2.16. The molecule has 7 nitrogen and oxygen atoms in total. The first-order valence-corrected chi connectivity index (χ1v) is 8.68. The SMILES string of the molecule is COc1ccc(/C=C/C(=O)c2cc3c(C)cc(=O)oc3cc2O)c(OC)c1OC. The predicted octanol–water partition coefficient (Wildman–Crippen LogP) is 3.73. The first kappa shape index (κ1) is 20.0. The summed E-state index contributed by atoms with van der Waals surface area (Å²) in [5, 5.41) is 10.8. The molecule has 0 atom stereocenters. The average Bonchev–Trinajstić information content (AvgIpc) is 2.70. The molecule has 150 valence electrons. The lowest BCUT2D eigenvalue weighted by molar-refractivity contribution is 0.104. The number of phenols is 1. The molecule has 29 heavy (non-hydrogen) atoms. The highest BCUT2D eigenvalue weighted by molar-refractivity contribution is 6.10. The van der Waals surface area contributed by atoms with Gasteiger partial charge in [-0.2, -0.15) is 0 Å². The van der Waals surface area contributed by atoms with Crippen LogP contribution in [0.5, 0.6) is 23.0 Å². The minimum absolute atomic E-state index is 0.0881. The predicted molar refractivity (Wildman–Crippen MR) is 108 cm³/mol. The van der Waals surface area contributed by atoms with Crippen LogP contribution in [0.2, 0.25) is 0 Å². The molecule has 0 unspecified atom stereocenters. The van der Waals surface area contributed by atoms with E-state index in [-0.39, 0.29) is 16.9 Å². The van der Waals surface area contributed by atoms with Gasteiger partial charge in [-0.15, -0.1) is 0 Å². The van der Waals surface area contributed by atoms with Gasteiger partial charge in [-0.3, -0.25) is 4.79 Å². The smallest absolute Gasteiger partial charge is 0.336 e. The number of carbonyl (C=O) groups is 1. The monoisotopic (exact) mass is 396 g/mol. The number of ether oxygens (including phenoxy) is 3. The average molecular weight is 396 g/mol. The van der Waals surface area contributed by atoms with Gasteiger partial charge in [-0.05, 0) is 42.8 Å². The second-order valence-corrected chi connectivity index (χ2v) is 6.24. The van der Waals surface area contributed by atoms with E-state index in [4.69, 9.17) is 18.6 Å². The first-order valence-electron chi connectivity index (χ1n) is 8.68. The van der Waals surface area contributed by atoms with Crippen molar-refractivity contribution in [3.63, 3.8) is 0 Å². The molecular formula is C22H20O7. The number of aryl methyl sites for hydroxylation is 1. The summed E-state index contributed by atoms with van der Waals surface area (Å²) < 4.78 is 21.1.